The van der Waals surface area contributed by atoms with E-state index in [2.05, 4.69) is 52.8 Å². The lowest BCUT2D eigenvalue weighted by Gasteiger charge is -2.02. The maximum atomic E-state index is 11.1. The molecular weight excluding hydrogens is 262 g/mol. The van der Waals surface area contributed by atoms with Crippen LogP contribution in [0.15, 0.2) is 48.8 Å². The Morgan fingerprint density at radius 3 is 2.48 bits per heavy atom. The molecule has 0 aliphatic heterocycles. The monoisotopic (exact) mass is 280 g/mol. The molecule has 0 fully saturated rings. The number of amides is 1. The second-order valence-electron chi connectivity index (χ2n) is 5.30. The van der Waals surface area contributed by atoms with Crippen molar-refractivity contribution in [1.29, 1.82) is 0 Å². The summed E-state index contributed by atoms with van der Waals surface area (Å²) in [7, 11) is 2.06. The molecule has 2 heterocycles. The summed E-state index contributed by atoms with van der Waals surface area (Å²) in [6.07, 6.45) is 4.24. The maximum Gasteiger partial charge on any atom is 0.286 e. The zero-order valence-electron chi connectivity index (χ0n) is 12.4. The van der Waals surface area contributed by atoms with Gasteiger partial charge in [-0.05, 0) is 42.8 Å². The standard InChI is InChI=1S/C17H17N3O/c1-12-4-9-17-19(3)16(11-20(17)10-12)14-5-7-15(8-6-14)18-13(2)21/h4-11H,1-3H3/p+1. The summed E-state index contributed by atoms with van der Waals surface area (Å²) in [4.78, 5) is 11.1. The van der Waals surface area contributed by atoms with E-state index in [-0.39, 0.29) is 5.91 Å². The third-order valence-corrected chi connectivity index (χ3v) is 3.57. The number of fused-ring (bicyclic) bond motifs is 1. The molecule has 0 aliphatic rings. The van der Waals surface area contributed by atoms with Crippen LogP contribution in [0.5, 0.6) is 0 Å². The summed E-state index contributed by atoms with van der Waals surface area (Å²) in [5.74, 6) is -0.0571. The molecule has 0 saturated heterocycles. The van der Waals surface area contributed by atoms with Gasteiger partial charge in [-0.3, -0.25) is 4.79 Å². The fraction of sp³-hybridized carbons (Fsp3) is 0.176. The van der Waals surface area contributed by atoms with Gasteiger partial charge in [0.15, 0.2) is 5.69 Å². The van der Waals surface area contributed by atoms with Crippen LogP contribution < -0.4 is 9.72 Å². The number of rotatable bonds is 2. The van der Waals surface area contributed by atoms with Crippen molar-refractivity contribution < 1.29 is 9.20 Å². The molecule has 1 N–H and O–H groups in total. The van der Waals surface area contributed by atoms with Gasteiger partial charge in [-0.1, -0.05) is 0 Å². The lowest BCUT2D eigenvalue weighted by Crippen LogP contribution is -2.18. The lowest BCUT2D eigenvalue weighted by molar-refractivity contribution is -0.510. The Morgan fingerprint density at radius 1 is 1.10 bits per heavy atom. The van der Waals surface area contributed by atoms with Crippen molar-refractivity contribution in [3.8, 4) is 11.3 Å². The van der Waals surface area contributed by atoms with Crippen molar-refractivity contribution in [2.75, 3.05) is 5.32 Å². The quantitative estimate of drug-likeness (QED) is 0.720. The number of pyridine rings is 1. The molecule has 2 aromatic heterocycles. The Hall–Kier alpha value is -2.62. The van der Waals surface area contributed by atoms with Gasteiger partial charge in [-0.2, -0.15) is 0 Å². The zero-order chi connectivity index (χ0) is 15.0. The maximum absolute atomic E-state index is 11.1. The zero-order valence-corrected chi connectivity index (χ0v) is 12.4. The number of carbonyl (C=O) groups is 1. The molecule has 4 nitrogen and oxygen atoms in total. The molecule has 1 aromatic carbocycles. The fourth-order valence-electron chi connectivity index (χ4n) is 2.55. The highest BCUT2D eigenvalue weighted by Crippen LogP contribution is 2.21. The van der Waals surface area contributed by atoms with Crippen molar-refractivity contribution in [1.82, 2.24) is 4.57 Å². The Labute approximate surface area is 123 Å². The predicted molar refractivity (Wildman–Crippen MR) is 83.0 cm³/mol. The first-order valence-corrected chi connectivity index (χ1v) is 6.90. The number of imidazole rings is 1. The molecule has 0 bridgehead atoms. The number of benzene rings is 1. The van der Waals surface area contributed by atoms with Crippen LogP contribution in [0.2, 0.25) is 0 Å². The van der Waals surface area contributed by atoms with E-state index in [1.165, 1.54) is 12.5 Å². The second kappa shape index (κ2) is 5.05. The largest absolute Gasteiger partial charge is 0.326 e. The number of nitrogens with one attached hydrogen (secondary N) is 1. The van der Waals surface area contributed by atoms with Crippen molar-refractivity contribution in [2.45, 2.75) is 13.8 Å². The van der Waals surface area contributed by atoms with E-state index in [4.69, 9.17) is 0 Å². The Kier molecular flexibility index (Phi) is 3.22. The van der Waals surface area contributed by atoms with Crippen LogP contribution in [0.1, 0.15) is 12.5 Å². The number of hydrogen-bond acceptors (Lipinski definition) is 1. The summed E-state index contributed by atoms with van der Waals surface area (Å²) in [6, 6.07) is 12.1. The minimum atomic E-state index is -0.0571. The highest BCUT2D eigenvalue weighted by Gasteiger charge is 2.15. The van der Waals surface area contributed by atoms with Crippen molar-refractivity contribution in [2.24, 2.45) is 7.05 Å². The van der Waals surface area contributed by atoms with E-state index in [1.54, 1.807) is 0 Å². The third-order valence-electron chi connectivity index (χ3n) is 3.57. The molecule has 106 valence electrons. The van der Waals surface area contributed by atoms with Crippen LogP contribution in [0, 0.1) is 6.92 Å². The van der Waals surface area contributed by atoms with Gasteiger partial charge < -0.3 is 5.32 Å². The number of aryl methyl sites for hydroxylation is 2. The molecule has 4 heteroatoms. The highest BCUT2D eigenvalue weighted by atomic mass is 16.1. The molecule has 0 atom stereocenters. The third kappa shape index (κ3) is 2.52. The van der Waals surface area contributed by atoms with Gasteiger partial charge in [-0.15, -0.1) is 0 Å². The number of hydrogen-bond donors (Lipinski definition) is 1. The first-order valence-electron chi connectivity index (χ1n) is 6.90. The van der Waals surface area contributed by atoms with Crippen LogP contribution >= 0.6 is 0 Å². The second-order valence-corrected chi connectivity index (χ2v) is 5.30. The molecule has 0 saturated carbocycles. The first kappa shape index (κ1) is 13.4. The molecule has 0 spiro atoms. The normalized spacial score (nSPS) is 10.8. The smallest absolute Gasteiger partial charge is 0.286 e. The van der Waals surface area contributed by atoms with Gasteiger partial charge >= 0.3 is 0 Å². The van der Waals surface area contributed by atoms with Crippen LogP contribution in [0.25, 0.3) is 16.9 Å². The van der Waals surface area contributed by atoms with E-state index >= 15 is 0 Å². The van der Waals surface area contributed by atoms with E-state index in [0.29, 0.717) is 0 Å². The summed E-state index contributed by atoms with van der Waals surface area (Å²) < 4.78 is 4.29. The first-order chi connectivity index (χ1) is 10.0. The van der Waals surface area contributed by atoms with Crippen LogP contribution in [0.3, 0.4) is 0 Å². The predicted octanol–water partition coefficient (Wildman–Crippen LogP) is 2.70. The van der Waals surface area contributed by atoms with Crippen molar-refractivity contribution in [3.63, 3.8) is 0 Å². The van der Waals surface area contributed by atoms with Gasteiger partial charge in [0.2, 0.25) is 5.91 Å². The molecule has 0 aliphatic carbocycles. The van der Waals surface area contributed by atoms with Gasteiger partial charge in [0.25, 0.3) is 5.65 Å². The SMILES string of the molecule is CC(=O)Nc1ccc(-c2c[n+]3cc(C)ccc3n2C)cc1. The van der Waals surface area contributed by atoms with E-state index in [0.717, 1.165) is 22.6 Å². The Balaban J connectivity index is 2.03. The highest BCUT2D eigenvalue weighted by molar-refractivity contribution is 5.88. The van der Waals surface area contributed by atoms with Crippen molar-refractivity contribution >= 4 is 17.2 Å². The van der Waals surface area contributed by atoms with Gasteiger partial charge in [0.1, 0.15) is 6.20 Å². The topological polar surface area (TPSA) is 38.1 Å². The van der Waals surface area contributed by atoms with Gasteiger partial charge in [0, 0.05) is 24.2 Å². The van der Waals surface area contributed by atoms with Gasteiger partial charge in [0.05, 0.1) is 13.2 Å². The summed E-state index contributed by atoms with van der Waals surface area (Å²) in [6.45, 7) is 3.60. The average molecular weight is 280 g/mol. The Morgan fingerprint density at radius 2 is 1.81 bits per heavy atom. The summed E-state index contributed by atoms with van der Waals surface area (Å²) >= 11 is 0. The molecule has 3 aromatic rings. The minimum absolute atomic E-state index is 0.0571. The molecule has 1 amide bonds. The van der Waals surface area contributed by atoms with Crippen molar-refractivity contribution in [3.05, 3.63) is 54.4 Å². The Bertz CT molecular complexity index is 816. The lowest BCUT2D eigenvalue weighted by atomic mass is 10.1. The van der Waals surface area contributed by atoms with E-state index in [9.17, 15) is 4.79 Å². The minimum Gasteiger partial charge on any atom is -0.326 e. The summed E-state index contributed by atoms with van der Waals surface area (Å²) in [5.41, 5.74) is 5.43. The summed E-state index contributed by atoms with van der Waals surface area (Å²) in [5, 5.41) is 2.78. The molecular formula is C17H18N3O+. The van der Waals surface area contributed by atoms with Gasteiger partial charge in [-0.25, -0.2) is 8.97 Å². The number of anilines is 1. The average Bonchev–Trinajstić information content (AvgIpc) is 2.75. The number of nitrogens with zero attached hydrogens (tertiary/aromatic N) is 2. The fourth-order valence-corrected chi connectivity index (χ4v) is 2.55. The van der Waals surface area contributed by atoms with Crippen LogP contribution in [0.4, 0.5) is 5.69 Å². The molecule has 0 unspecified atom stereocenters. The molecule has 0 radical (unpaired) electrons. The van der Waals surface area contributed by atoms with E-state index < -0.39 is 0 Å². The molecule has 3 rings (SSSR count). The number of carbonyl (C=O) groups excluding carboxylic acids is 1. The van der Waals surface area contributed by atoms with Crippen LogP contribution in [-0.4, -0.2) is 10.5 Å². The molecule has 21 heavy (non-hydrogen) atoms. The number of aromatic nitrogens is 2. The van der Waals surface area contributed by atoms with Crippen LogP contribution in [-0.2, 0) is 11.8 Å². The van der Waals surface area contributed by atoms with E-state index in [1.807, 2.05) is 24.3 Å².